The molecule has 2 rings (SSSR count). The molecule has 0 radical (unpaired) electrons. The van der Waals surface area contributed by atoms with Gasteiger partial charge in [0.2, 0.25) is 0 Å². The molecule has 2 heteroatoms. The number of nitrogens with one attached hydrogen (secondary N) is 1. The highest BCUT2D eigenvalue weighted by Gasteiger charge is 2.04. The monoisotopic (exact) mass is 309 g/mol. The first-order valence-corrected chi connectivity index (χ1v) is 8.10. The Hall–Kier alpha value is -2.35. The Morgan fingerprint density at radius 3 is 2.39 bits per heavy atom. The molecule has 2 nitrogen and oxygen atoms in total. The molecule has 2 aromatic rings. The Morgan fingerprint density at radius 2 is 1.74 bits per heavy atom. The van der Waals surface area contributed by atoms with Gasteiger partial charge in [0.15, 0.2) is 6.21 Å². The number of anilines is 1. The maximum Gasteiger partial charge on any atom is 0.170 e. The van der Waals surface area contributed by atoms with Gasteiger partial charge in [-0.2, -0.15) is 0 Å². The van der Waals surface area contributed by atoms with Crippen LogP contribution in [0.5, 0.6) is 0 Å². The van der Waals surface area contributed by atoms with Crippen molar-refractivity contribution in [2.45, 2.75) is 27.7 Å². The maximum absolute atomic E-state index is 4.18. The third-order valence-electron chi connectivity index (χ3n) is 3.31. The molecule has 23 heavy (non-hydrogen) atoms. The van der Waals surface area contributed by atoms with Crippen molar-refractivity contribution in [3.8, 4) is 0 Å². The fourth-order valence-electron chi connectivity index (χ4n) is 2.30. The van der Waals surface area contributed by atoms with E-state index in [0.29, 0.717) is 0 Å². The molecule has 0 saturated carbocycles. The predicted molar refractivity (Wildman–Crippen MR) is 104 cm³/mol. The normalized spacial score (nSPS) is 9.48. The van der Waals surface area contributed by atoms with Gasteiger partial charge in [0.1, 0.15) is 14.1 Å². The standard InChI is InChI=1S/C19H23N2.C2H6/c1-14-9-10-15(2)19(11-14)16(3)20-18-8-6-7-17(12-18)13-21(4)5;1-2/h6-13,20H,3H2,1-2,4-5H3;1-2H3/q+1;. The third kappa shape index (κ3) is 5.74. The molecule has 0 aliphatic heterocycles. The largest absolute Gasteiger partial charge is 0.355 e. The first kappa shape index (κ1) is 18.7. The Bertz CT molecular complexity index is 693. The second-order valence-electron chi connectivity index (χ2n) is 5.64. The Balaban J connectivity index is 0.00000127. The lowest BCUT2D eigenvalue weighted by atomic mass is 10.0. The van der Waals surface area contributed by atoms with E-state index >= 15 is 0 Å². The summed E-state index contributed by atoms with van der Waals surface area (Å²) in [5.74, 6) is 0. The van der Waals surface area contributed by atoms with E-state index in [2.05, 4.69) is 68.4 Å². The van der Waals surface area contributed by atoms with Crippen molar-refractivity contribution in [1.82, 2.24) is 0 Å². The molecule has 0 aromatic heterocycles. The molecule has 0 aliphatic carbocycles. The van der Waals surface area contributed by atoms with Crippen LogP contribution >= 0.6 is 0 Å². The number of nitrogens with zero attached hydrogens (tertiary/aromatic N) is 1. The van der Waals surface area contributed by atoms with Gasteiger partial charge >= 0.3 is 0 Å². The van der Waals surface area contributed by atoms with Crippen LogP contribution in [-0.4, -0.2) is 24.9 Å². The van der Waals surface area contributed by atoms with Crippen molar-refractivity contribution in [2.24, 2.45) is 0 Å². The van der Waals surface area contributed by atoms with Gasteiger partial charge < -0.3 is 5.32 Å². The van der Waals surface area contributed by atoms with E-state index in [0.717, 1.165) is 16.9 Å². The van der Waals surface area contributed by atoms with Crippen LogP contribution in [0.15, 0.2) is 49.0 Å². The van der Waals surface area contributed by atoms with Crippen LogP contribution in [0.25, 0.3) is 5.70 Å². The van der Waals surface area contributed by atoms with E-state index in [4.69, 9.17) is 0 Å². The number of hydrogen-bond acceptors (Lipinski definition) is 1. The van der Waals surface area contributed by atoms with Gasteiger partial charge in [-0.25, -0.2) is 4.58 Å². The molecular weight excluding hydrogens is 280 g/mol. The highest BCUT2D eigenvalue weighted by Crippen LogP contribution is 2.21. The van der Waals surface area contributed by atoms with Crippen LogP contribution in [0, 0.1) is 13.8 Å². The van der Waals surface area contributed by atoms with Crippen LogP contribution in [0.2, 0.25) is 0 Å². The van der Waals surface area contributed by atoms with Gasteiger partial charge in [0.05, 0.1) is 0 Å². The lowest BCUT2D eigenvalue weighted by Crippen LogP contribution is -2.02. The van der Waals surface area contributed by atoms with Crippen LogP contribution in [-0.2, 0) is 0 Å². The molecule has 0 fully saturated rings. The molecule has 0 spiro atoms. The molecule has 0 aliphatic rings. The Kier molecular flexibility index (Phi) is 7.27. The first-order chi connectivity index (χ1) is 11.0. The molecule has 0 atom stereocenters. The van der Waals surface area contributed by atoms with Crippen molar-refractivity contribution in [3.63, 3.8) is 0 Å². The fraction of sp³-hybridized carbons (Fsp3) is 0.286. The van der Waals surface area contributed by atoms with Gasteiger partial charge in [0.25, 0.3) is 0 Å². The molecule has 0 bridgehead atoms. The van der Waals surface area contributed by atoms with Gasteiger partial charge in [-0.05, 0) is 43.7 Å². The highest BCUT2D eigenvalue weighted by atomic mass is 14.9. The molecule has 0 amide bonds. The second-order valence-corrected chi connectivity index (χ2v) is 5.64. The van der Waals surface area contributed by atoms with E-state index in [-0.39, 0.29) is 0 Å². The number of rotatable bonds is 4. The zero-order chi connectivity index (χ0) is 17.4. The average molecular weight is 309 g/mol. The van der Waals surface area contributed by atoms with Crippen LogP contribution in [0.3, 0.4) is 0 Å². The maximum atomic E-state index is 4.18. The SMILES string of the molecule is C=C(Nc1cccc(C=[N+](C)C)c1)c1cc(C)ccc1C.CC. The first-order valence-electron chi connectivity index (χ1n) is 8.10. The van der Waals surface area contributed by atoms with Gasteiger partial charge in [-0.1, -0.05) is 44.2 Å². The minimum atomic E-state index is 0.929. The van der Waals surface area contributed by atoms with E-state index < -0.39 is 0 Å². The van der Waals surface area contributed by atoms with Crippen LogP contribution in [0.1, 0.15) is 36.1 Å². The zero-order valence-corrected chi connectivity index (χ0v) is 15.3. The van der Waals surface area contributed by atoms with Crippen molar-refractivity contribution in [1.29, 1.82) is 0 Å². The smallest absolute Gasteiger partial charge is 0.170 e. The van der Waals surface area contributed by atoms with Gasteiger partial charge in [-0.3, -0.25) is 0 Å². The van der Waals surface area contributed by atoms with Crippen LogP contribution < -0.4 is 5.32 Å². The van der Waals surface area contributed by atoms with Gasteiger partial charge in [-0.15, -0.1) is 0 Å². The molecule has 1 N–H and O–H groups in total. The molecule has 0 unspecified atom stereocenters. The summed E-state index contributed by atoms with van der Waals surface area (Å²) in [6.07, 6.45) is 2.09. The lowest BCUT2D eigenvalue weighted by molar-refractivity contribution is -0.458. The number of aryl methyl sites for hydroxylation is 2. The van der Waals surface area contributed by atoms with Crippen molar-refractivity contribution >= 4 is 17.6 Å². The summed E-state index contributed by atoms with van der Waals surface area (Å²) in [6.45, 7) is 12.4. The topological polar surface area (TPSA) is 15.0 Å². The molecule has 0 saturated heterocycles. The number of benzene rings is 2. The summed E-state index contributed by atoms with van der Waals surface area (Å²) in [7, 11) is 4.05. The molecule has 0 heterocycles. The van der Waals surface area contributed by atoms with Crippen molar-refractivity contribution < 1.29 is 4.58 Å². The minimum absolute atomic E-state index is 0.929. The molecule has 2 aromatic carbocycles. The Morgan fingerprint density at radius 1 is 1.04 bits per heavy atom. The Labute approximate surface area is 141 Å². The summed E-state index contributed by atoms with van der Waals surface area (Å²) in [5.41, 5.74) is 6.79. The average Bonchev–Trinajstić information content (AvgIpc) is 2.51. The zero-order valence-electron chi connectivity index (χ0n) is 15.3. The predicted octanol–water partition coefficient (Wildman–Crippen LogP) is 5.10. The third-order valence-corrected chi connectivity index (χ3v) is 3.31. The van der Waals surface area contributed by atoms with Crippen LogP contribution in [0.4, 0.5) is 5.69 Å². The quantitative estimate of drug-likeness (QED) is 0.613. The summed E-state index contributed by atoms with van der Waals surface area (Å²) >= 11 is 0. The van der Waals surface area contributed by atoms with E-state index in [1.54, 1.807) is 0 Å². The summed E-state index contributed by atoms with van der Waals surface area (Å²) in [4.78, 5) is 0. The summed E-state index contributed by atoms with van der Waals surface area (Å²) in [6, 6.07) is 14.7. The minimum Gasteiger partial charge on any atom is -0.355 e. The lowest BCUT2D eigenvalue weighted by Gasteiger charge is -2.13. The van der Waals surface area contributed by atoms with Crippen molar-refractivity contribution in [3.05, 3.63) is 71.3 Å². The van der Waals surface area contributed by atoms with E-state index in [1.807, 2.05) is 38.6 Å². The van der Waals surface area contributed by atoms with Gasteiger partial charge in [0, 0.05) is 22.5 Å². The molecular formula is C21H29N2+. The highest BCUT2D eigenvalue weighted by molar-refractivity contribution is 5.81. The fourth-order valence-corrected chi connectivity index (χ4v) is 2.30. The van der Waals surface area contributed by atoms with Crippen molar-refractivity contribution in [2.75, 3.05) is 19.4 Å². The van der Waals surface area contributed by atoms with E-state index in [9.17, 15) is 0 Å². The summed E-state index contributed by atoms with van der Waals surface area (Å²) < 4.78 is 2.04. The van der Waals surface area contributed by atoms with E-state index in [1.165, 1.54) is 16.7 Å². The molecule has 122 valence electrons. The number of hydrogen-bond donors (Lipinski definition) is 1. The summed E-state index contributed by atoms with van der Waals surface area (Å²) in [5, 5.41) is 3.41. The second kappa shape index (κ2) is 8.94.